The minimum atomic E-state index is -3.32. The number of pyridine rings is 1. The van der Waals surface area contributed by atoms with Crippen molar-refractivity contribution in [3.8, 4) is 5.88 Å². The van der Waals surface area contributed by atoms with Crippen molar-refractivity contribution < 1.29 is 17.9 Å². The summed E-state index contributed by atoms with van der Waals surface area (Å²) in [4.78, 5) is 21.3. The number of hydrogen-bond acceptors (Lipinski definition) is 5. The second kappa shape index (κ2) is 10.9. The minimum Gasteiger partial charge on any atom is -0.474 e. The molecule has 2 aromatic rings. The summed E-state index contributed by atoms with van der Waals surface area (Å²) >= 11 is 18.4. The molecule has 8 nitrogen and oxygen atoms in total. The molecule has 0 spiro atoms. The van der Waals surface area contributed by atoms with Crippen molar-refractivity contribution in [2.75, 3.05) is 39.0 Å². The third kappa shape index (κ3) is 6.02. The van der Waals surface area contributed by atoms with E-state index >= 15 is 0 Å². The molecule has 2 amide bonds. The van der Waals surface area contributed by atoms with Crippen LogP contribution in [0.2, 0.25) is 15.1 Å². The first-order valence-corrected chi connectivity index (χ1v) is 14.7. The lowest BCUT2D eigenvalue weighted by Crippen LogP contribution is -2.57. The van der Waals surface area contributed by atoms with Crippen LogP contribution in [0.4, 0.5) is 4.79 Å². The molecule has 0 aliphatic carbocycles. The predicted octanol–water partition coefficient (Wildman–Crippen LogP) is 4.61. The number of piperazine rings is 1. The molecule has 2 aliphatic heterocycles. The Morgan fingerprint density at radius 3 is 2.42 bits per heavy atom. The van der Waals surface area contributed by atoms with Crippen LogP contribution < -0.4 is 4.74 Å². The number of halogens is 3. The van der Waals surface area contributed by atoms with Crippen LogP contribution in [0.1, 0.15) is 25.3 Å². The Labute approximate surface area is 227 Å². The Morgan fingerprint density at radius 2 is 1.81 bits per heavy atom. The molecule has 1 aromatic heterocycles. The van der Waals surface area contributed by atoms with Crippen LogP contribution in [0.5, 0.6) is 5.88 Å². The van der Waals surface area contributed by atoms with Gasteiger partial charge in [-0.2, -0.15) is 4.31 Å². The van der Waals surface area contributed by atoms with Gasteiger partial charge >= 0.3 is 6.03 Å². The Kier molecular flexibility index (Phi) is 8.26. The van der Waals surface area contributed by atoms with Crippen LogP contribution in [-0.2, 0) is 10.0 Å². The van der Waals surface area contributed by atoms with Gasteiger partial charge < -0.3 is 14.5 Å². The molecule has 1 aromatic carbocycles. The van der Waals surface area contributed by atoms with Crippen LogP contribution in [-0.4, -0.2) is 84.7 Å². The molecular formula is C24H29Cl3N4O4S. The zero-order valence-electron chi connectivity index (χ0n) is 20.3. The first-order valence-electron chi connectivity index (χ1n) is 11.7. The SMILES string of the molecule is C[C@@H]1CN(C(=O)N2C[C@@H]([C@@H](C)Oc3ccc(Cl)cn3)[C@H](c3ccc(Cl)c(Cl)c3)C2)CCN1S(C)(=O)=O. The largest absolute Gasteiger partial charge is 0.474 e. The number of carbonyl (C=O) groups excluding carboxylic acids is 1. The van der Waals surface area contributed by atoms with Crippen molar-refractivity contribution in [1.29, 1.82) is 0 Å². The molecule has 196 valence electrons. The molecule has 0 saturated carbocycles. The number of ether oxygens (including phenoxy) is 1. The summed E-state index contributed by atoms with van der Waals surface area (Å²) in [5, 5.41) is 1.44. The highest BCUT2D eigenvalue weighted by Gasteiger charge is 2.42. The van der Waals surface area contributed by atoms with Gasteiger partial charge in [-0.3, -0.25) is 0 Å². The van der Waals surface area contributed by atoms with Crippen molar-refractivity contribution in [3.05, 3.63) is 57.2 Å². The molecular weight excluding hydrogens is 547 g/mol. The molecule has 0 bridgehead atoms. The van der Waals surface area contributed by atoms with Crippen LogP contribution in [0.25, 0.3) is 0 Å². The number of amides is 2. The maximum absolute atomic E-state index is 13.5. The highest BCUT2D eigenvalue weighted by atomic mass is 35.5. The molecule has 2 saturated heterocycles. The van der Waals surface area contributed by atoms with E-state index in [1.165, 1.54) is 16.8 Å². The zero-order valence-corrected chi connectivity index (χ0v) is 23.4. The first-order chi connectivity index (χ1) is 16.9. The lowest BCUT2D eigenvalue weighted by atomic mass is 9.86. The summed E-state index contributed by atoms with van der Waals surface area (Å²) in [5.74, 6) is 0.370. The highest BCUT2D eigenvalue weighted by molar-refractivity contribution is 7.88. The van der Waals surface area contributed by atoms with E-state index in [1.807, 2.05) is 30.9 Å². The Bertz CT molecular complexity index is 1210. The van der Waals surface area contributed by atoms with E-state index in [4.69, 9.17) is 39.5 Å². The number of rotatable bonds is 5. The molecule has 4 atom stereocenters. The quantitative estimate of drug-likeness (QED) is 0.520. The second-order valence-electron chi connectivity index (χ2n) is 9.44. The van der Waals surface area contributed by atoms with Crippen molar-refractivity contribution in [2.24, 2.45) is 5.92 Å². The van der Waals surface area contributed by atoms with E-state index in [9.17, 15) is 13.2 Å². The normalized spacial score (nSPS) is 24.1. The van der Waals surface area contributed by atoms with Crippen molar-refractivity contribution in [3.63, 3.8) is 0 Å². The molecule has 4 rings (SSSR count). The van der Waals surface area contributed by atoms with Crippen LogP contribution >= 0.6 is 34.8 Å². The Balaban J connectivity index is 1.54. The van der Waals surface area contributed by atoms with E-state index < -0.39 is 10.0 Å². The molecule has 0 N–H and O–H groups in total. The minimum absolute atomic E-state index is 0.0410. The summed E-state index contributed by atoms with van der Waals surface area (Å²) in [5.41, 5.74) is 0.972. The van der Waals surface area contributed by atoms with Gasteiger partial charge in [0.05, 0.1) is 21.3 Å². The summed E-state index contributed by atoms with van der Waals surface area (Å²) in [6.45, 7) is 5.69. The van der Waals surface area contributed by atoms with Gasteiger partial charge in [-0.05, 0) is 37.6 Å². The standard InChI is InChI=1S/C24H29Cl3N4O4S/c1-15-12-29(8-9-31(15)36(3,33)34)24(32)30-13-19(16(2)35-23-7-5-18(25)11-28-23)20(14-30)17-4-6-21(26)22(27)10-17/h4-7,10-11,15-16,19-20H,8-9,12-14H2,1-3H3/t15-,16-,19+,20+/m1/s1. The van der Waals surface area contributed by atoms with E-state index in [0.29, 0.717) is 47.1 Å². The maximum Gasteiger partial charge on any atom is 0.320 e. The first kappa shape index (κ1) is 27.3. The molecule has 3 heterocycles. The van der Waals surface area contributed by atoms with Crippen molar-refractivity contribution in [2.45, 2.75) is 31.9 Å². The molecule has 2 aliphatic rings. The fraction of sp³-hybridized carbons (Fsp3) is 0.500. The number of benzene rings is 1. The van der Waals surface area contributed by atoms with Gasteiger partial charge in [-0.15, -0.1) is 0 Å². The highest BCUT2D eigenvalue weighted by Crippen LogP contribution is 2.38. The van der Waals surface area contributed by atoms with Gasteiger partial charge in [-0.1, -0.05) is 40.9 Å². The lowest BCUT2D eigenvalue weighted by molar-refractivity contribution is 0.115. The van der Waals surface area contributed by atoms with E-state index in [2.05, 4.69) is 4.98 Å². The van der Waals surface area contributed by atoms with Crippen LogP contribution in [0, 0.1) is 5.92 Å². The molecule has 12 heteroatoms. The topological polar surface area (TPSA) is 83.1 Å². The van der Waals surface area contributed by atoms with E-state index in [0.717, 1.165) is 5.56 Å². The number of urea groups is 1. The zero-order chi connectivity index (χ0) is 26.2. The number of aromatic nitrogens is 1. The number of carbonyl (C=O) groups is 1. The Morgan fingerprint density at radius 1 is 1.06 bits per heavy atom. The fourth-order valence-corrected chi connectivity index (χ4v) is 6.63. The summed E-state index contributed by atoms with van der Waals surface area (Å²) in [6, 6.07) is 8.57. The Hall–Kier alpha value is -1.78. The average molecular weight is 576 g/mol. The van der Waals surface area contributed by atoms with Crippen LogP contribution in [0.3, 0.4) is 0 Å². The molecule has 0 unspecified atom stereocenters. The average Bonchev–Trinajstić information content (AvgIpc) is 3.26. The van der Waals surface area contributed by atoms with Gasteiger partial charge in [0.1, 0.15) is 6.10 Å². The summed E-state index contributed by atoms with van der Waals surface area (Å²) in [6.07, 6.45) is 2.46. The third-order valence-electron chi connectivity index (χ3n) is 6.88. The predicted molar refractivity (Wildman–Crippen MR) is 142 cm³/mol. The van der Waals surface area contributed by atoms with E-state index in [1.54, 1.807) is 23.1 Å². The maximum atomic E-state index is 13.5. The summed E-state index contributed by atoms with van der Waals surface area (Å²) in [7, 11) is -3.32. The van der Waals surface area contributed by atoms with E-state index in [-0.39, 0.29) is 36.6 Å². The van der Waals surface area contributed by atoms with Gasteiger partial charge in [-0.25, -0.2) is 18.2 Å². The number of likely N-dealkylation sites (tertiary alicyclic amines) is 1. The molecule has 0 radical (unpaired) electrons. The fourth-order valence-electron chi connectivity index (χ4n) is 5.07. The lowest BCUT2D eigenvalue weighted by Gasteiger charge is -2.39. The van der Waals surface area contributed by atoms with Crippen LogP contribution in [0.15, 0.2) is 36.5 Å². The summed E-state index contributed by atoms with van der Waals surface area (Å²) < 4.78 is 31.7. The smallest absolute Gasteiger partial charge is 0.320 e. The molecule has 36 heavy (non-hydrogen) atoms. The number of hydrogen-bond donors (Lipinski definition) is 0. The second-order valence-corrected chi connectivity index (χ2v) is 12.6. The molecule has 2 fully saturated rings. The van der Waals surface area contributed by atoms with Gasteiger partial charge in [0.25, 0.3) is 0 Å². The van der Waals surface area contributed by atoms with Crippen molar-refractivity contribution >= 4 is 50.9 Å². The van der Waals surface area contributed by atoms with Gasteiger partial charge in [0.15, 0.2) is 0 Å². The monoisotopic (exact) mass is 574 g/mol. The van der Waals surface area contributed by atoms with Crippen molar-refractivity contribution in [1.82, 2.24) is 19.1 Å². The van der Waals surface area contributed by atoms with Gasteiger partial charge in [0.2, 0.25) is 15.9 Å². The number of nitrogens with zero attached hydrogens (tertiary/aromatic N) is 4. The third-order valence-corrected chi connectivity index (χ3v) is 9.24. The van der Waals surface area contributed by atoms with Gasteiger partial charge in [0, 0.05) is 62.9 Å². The number of sulfonamides is 1.